The van der Waals surface area contributed by atoms with E-state index in [1.807, 2.05) is 25.1 Å². The van der Waals surface area contributed by atoms with Gasteiger partial charge in [0, 0.05) is 13.0 Å². The van der Waals surface area contributed by atoms with Gasteiger partial charge >= 0.3 is 5.97 Å². The number of rotatable bonds is 3. The second-order valence-electron chi connectivity index (χ2n) is 3.58. The van der Waals surface area contributed by atoms with E-state index < -0.39 is 5.97 Å². The maximum Gasteiger partial charge on any atom is 0.330 e. The van der Waals surface area contributed by atoms with Gasteiger partial charge in [-0.05, 0) is 24.1 Å². The molecule has 1 aromatic carbocycles. The van der Waals surface area contributed by atoms with Crippen molar-refractivity contribution in [2.24, 2.45) is 0 Å². The molecule has 0 aromatic heterocycles. The van der Waals surface area contributed by atoms with E-state index in [1.54, 1.807) is 6.08 Å². The van der Waals surface area contributed by atoms with Crippen LogP contribution in [0.5, 0.6) is 0 Å². The van der Waals surface area contributed by atoms with E-state index in [9.17, 15) is 9.59 Å². The fourth-order valence-electron chi connectivity index (χ4n) is 1.40. The molecule has 1 N–H and O–H groups in total. The zero-order valence-corrected chi connectivity index (χ0v) is 10.1. The summed E-state index contributed by atoms with van der Waals surface area (Å²) in [5.41, 5.74) is 2.41. The van der Waals surface area contributed by atoms with Gasteiger partial charge in [-0.1, -0.05) is 18.2 Å². The van der Waals surface area contributed by atoms with E-state index >= 15 is 0 Å². The first kappa shape index (κ1) is 13.0. The van der Waals surface area contributed by atoms with Crippen LogP contribution in [0.2, 0.25) is 0 Å². The molecule has 0 aliphatic carbocycles. The number of aryl methyl sites for hydroxylation is 1. The largest absolute Gasteiger partial charge is 0.466 e. The second kappa shape index (κ2) is 5.84. The Kier molecular flexibility index (Phi) is 4.46. The van der Waals surface area contributed by atoms with E-state index in [4.69, 9.17) is 0 Å². The molecule has 0 spiro atoms. The van der Waals surface area contributed by atoms with Crippen LogP contribution in [0.25, 0.3) is 6.08 Å². The molecule has 4 heteroatoms. The first-order chi connectivity index (χ1) is 8.04. The van der Waals surface area contributed by atoms with E-state index in [1.165, 1.54) is 20.1 Å². The van der Waals surface area contributed by atoms with Crippen molar-refractivity contribution in [3.63, 3.8) is 0 Å². The highest BCUT2D eigenvalue weighted by Gasteiger charge is 2.05. The lowest BCUT2D eigenvalue weighted by Crippen LogP contribution is -2.08. The van der Waals surface area contributed by atoms with Gasteiger partial charge in [0.2, 0.25) is 5.91 Å². The molecule has 0 radical (unpaired) electrons. The Labute approximate surface area is 100 Å². The normalized spacial score (nSPS) is 10.3. The number of nitrogens with one attached hydrogen (secondary N) is 1. The number of benzene rings is 1. The molecule has 1 amide bonds. The molecule has 0 aliphatic heterocycles. The van der Waals surface area contributed by atoms with Crippen molar-refractivity contribution in [1.29, 1.82) is 0 Å². The Morgan fingerprint density at radius 3 is 2.65 bits per heavy atom. The van der Waals surface area contributed by atoms with Crippen molar-refractivity contribution >= 4 is 23.6 Å². The van der Waals surface area contributed by atoms with Crippen LogP contribution in [0, 0.1) is 6.92 Å². The predicted octanol–water partition coefficient (Wildman–Crippen LogP) is 2.14. The first-order valence-corrected chi connectivity index (χ1v) is 5.18. The van der Waals surface area contributed by atoms with Crippen LogP contribution in [-0.2, 0) is 14.3 Å². The third kappa shape index (κ3) is 3.75. The van der Waals surface area contributed by atoms with Crippen molar-refractivity contribution in [3.8, 4) is 0 Å². The number of esters is 1. The molecule has 0 bridgehead atoms. The first-order valence-electron chi connectivity index (χ1n) is 5.18. The van der Waals surface area contributed by atoms with Crippen LogP contribution >= 0.6 is 0 Å². The summed E-state index contributed by atoms with van der Waals surface area (Å²) in [6.07, 6.45) is 2.93. The molecule has 0 aliphatic rings. The maximum absolute atomic E-state index is 11.1. The van der Waals surface area contributed by atoms with Gasteiger partial charge in [-0.2, -0.15) is 0 Å². The van der Waals surface area contributed by atoms with E-state index in [-0.39, 0.29) is 5.91 Å². The fourth-order valence-corrected chi connectivity index (χ4v) is 1.40. The molecule has 0 atom stereocenters. The monoisotopic (exact) mass is 233 g/mol. The molecule has 0 unspecified atom stereocenters. The number of methoxy groups -OCH3 is 1. The average Bonchev–Trinajstić information content (AvgIpc) is 2.29. The summed E-state index contributed by atoms with van der Waals surface area (Å²) in [5.74, 6) is -0.577. The van der Waals surface area contributed by atoms with E-state index in [2.05, 4.69) is 10.1 Å². The van der Waals surface area contributed by atoms with Crippen molar-refractivity contribution in [3.05, 3.63) is 35.4 Å². The summed E-state index contributed by atoms with van der Waals surface area (Å²) in [7, 11) is 1.32. The van der Waals surface area contributed by atoms with Gasteiger partial charge in [0.25, 0.3) is 0 Å². The summed E-state index contributed by atoms with van der Waals surface area (Å²) in [4.78, 5) is 22.1. The Morgan fingerprint density at radius 1 is 1.35 bits per heavy atom. The molecular weight excluding hydrogens is 218 g/mol. The van der Waals surface area contributed by atoms with Gasteiger partial charge in [-0.25, -0.2) is 4.79 Å². The van der Waals surface area contributed by atoms with Gasteiger partial charge in [0.15, 0.2) is 0 Å². The van der Waals surface area contributed by atoms with E-state index in [0.717, 1.165) is 11.1 Å². The van der Waals surface area contributed by atoms with Gasteiger partial charge in [0.1, 0.15) is 0 Å². The molecule has 90 valence electrons. The average molecular weight is 233 g/mol. The number of ether oxygens (including phenoxy) is 1. The van der Waals surface area contributed by atoms with Crippen LogP contribution in [0.1, 0.15) is 18.1 Å². The zero-order chi connectivity index (χ0) is 12.8. The number of para-hydroxylation sites is 1. The zero-order valence-electron chi connectivity index (χ0n) is 10.1. The predicted molar refractivity (Wildman–Crippen MR) is 66.5 cm³/mol. The van der Waals surface area contributed by atoms with Crippen molar-refractivity contribution in [1.82, 2.24) is 0 Å². The van der Waals surface area contributed by atoms with Crippen LogP contribution in [0.4, 0.5) is 5.69 Å². The van der Waals surface area contributed by atoms with E-state index in [0.29, 0.717) is 5.69 Å². The molecule has 0 fully saturated rings. The minimum atomic E-state index is -0.430. The highest BCUT2D eigenvalue weighted by atomic mass is 16.5. The highest BCUT2D eigenvalue weighted by molar-refractivity contribution is 5.94. The number of carbonyl (C=O) groups is 2. The van der Waals surface area contributed by atoms with Crippen molar-refractivity contribution in [2.75, 3.05) is 12.4 Å². The molecule has 0 heterocycles. The van der Waals surface area contributed by atoms with Gasteiger partial charge in [-0.15, -0.1) is 0 Å². The fraction of sp³-hybridized carbons (Fsp3) is 0.231. The maximum atomic E-state index is 11.1. The Balaban J connectivity index is 3.06. The van der Waals surface area contributed by atoms with Gasteiger partial charge in [-0.3, -0.25) is 4.79 Å². The Morgan fingerprint density at radius 2 is 2.06 bits per heavy atom. The second-order valence-corrected chi connectivity index (χ2v) is 3.58. The topological polar surface area (TPSA) is 55.4 Å². The van der Waals surface area contributed by atoms with Crippen LogP contribution in [0.15, 0.2) is 24.3 Å². The van der Waals surface area contributed by atoms with Crippen molar-refractivity contribution in [2.45, 2.75) is 13.8 Å². The number of anilines is 1. The smallest absolute Gasteiger partial charge is 0.330 e. The lowest BCUT2D eigenvalue weighted by molar-refractivity contribution is -0.134. The summed E-state index contributed by atoms with van der Waals surface area (Å²) in [5, 5.41) is 2.74. The SMILES string of the molecule is COC(=O)/C=C/c1cccc(C)c1NC(C)=O. The lowest BCUT2D eigenvalue weighted by Gasteiger charge is -2.09. The van der Waals surface area contributed by atoms with Crippen molar-refractivity contribution < 1.29 is 14.3 Å². The Bertz CT molecular complexity index is 464. The summed E-state index contributed by atoms with van der Waals surface area (Å²) >= 11 is 0. The minimum Gasteiger partial charge on any atom is -0.466 e. The number of hydrogen-bond acceptors (Lipinski definition) is 3. The molecule has 17 heavy (non-hydrogen) atoms. The van der Waals surface area contributed by atoms with Crippen LogP contribution in [-0.4, -0.2) is 19.0 Å². The third-order valence-electron chi connectivity index (χ3n) is 2.21. The van der Waals surface area contributed by atoms with Gasteiger partial charge in [0.05, 0.1) is 12.8 Å². The standard InChI is InChI=1S/C13H15NO3/c1-9-5-4-6-11(7-8-12(16)17-3)13(9)14-10(2)15/h4-8H,1-3H3,(H,14,15)/b8-7+. The summed E-state index contributed by atoms with van der Waals surface area (Å²) in [6, 6.07) is 5.57. The van der Waals surface area contributed by atoms with Gasteiger partial charge < -0.3 is 10.1 Å². The Hall–Kier alpha value is -2.10. The molecular formula is C13H15NO3. The number of carbonyl (C=O) groups excluding carboxylic acids is 2. The molecule has 0 saturated carbocycles. The molecule has 1 aromatic rings. The lowest BCUT2D eigenvalue weighted by atomic mass is 10.1. The quantitative estimate of drug-likeness (QED) is 0.642. The number of amides is 1. The summed E-state index contributed by atoms with van der Waals surface area (Å²) in [6.45, 7) is 3.33. The highest BCUT2D eigenvalue weighted by Crippen LogP contribution is 2.21. The summed E-state index contributed by atoms with van der Waals surface area (Å²) < 4.78 is 4.51. The minimum absolute atomic E-state index is 0.146. The molecule has 0 saturated heterocycles. The molecule has 1 rings (SSSR count). The molecule has 4 nitrogen and oxygen atoms in total. The van der Waals surface area contributed by atoms with Crippen LogP contribution in [0.3, 0.4) is 0 Å². The van der Waals surface area contributed by atoms with Crippen LogP contribution < -0.4 is 5.32 Å². The number of hydrogen-bond donors (Lipinski definition) is 1. The third-order valence-corrected chi connectivity index (χ3v) is 2.21.